The average molecular weight is 246 g/mol. The van der Waals surface area contributed by atoms with E-state index in [4.69, 9.17) is 5.73 Å². The van der Waals surface area contributed by atoms with Gasteiger partial charge in [0, 0.05) is 12.3 Å². The van der Waals surface area contributed by atoms with Crippen LogP contribution < -0.4 is 11.3 Å². The lowest BCUT2D eigenvalue weighted by atomic mass is 10.1. The second-order valence-electron chi connectivity index (χ2n) is 4.45. The molecule has 2 N–H and O–H groups in total. The molecule has 1 aromatic carbocycles. The molecule has 3 nitrogen and oxygen atoms in total. The van der Waals surface area contributed by atoms with Crippen molar-refractivity contribution in [3.63, 3.8) is 0 Å². The summed E-state index contributed by atoms with van der Waals surface area (Å²) < 4.78 is 14.5. The lowest BCUT2D eigenvalue weighted by molar-refractivity contribution is 0.624. The first-order valence-corrected chi connectivity index (χ1v) is 5.69. The Morgan fingerprint density at radius 3 is 2.61 bits per heavy atom. The first-order chi connectivity index (χ1) is 8.47. The number of rotatable bonds is 2. The number of benzene rings is 1. The van der Waals surface area contributed by atoms with Crippen LogP contribution in [0.5, 0.6) is 0 Å². The van der Waals surface area contributed by atoms with Gasteiger partial charge >= 0.3 is 0 Å². The summed E-state index contributed by atoms with van der Waals surface area (Å²) in [5.74, 6) is -0.271. The highest BCUT2D eigenvalue weighted by Crippen LogP contribution is 2.12. The molecule has 1 aromatic heterocycles. The van der Waals surface area contributed by atoms with Gasteiger partial charge in [0.1, 0.15) is 5.82 Å². The standard InChI is InChI=1S/C14H15FN2O/c1-9-5-12(15)4-3-11(9)7-17-8-13(16)10(2)6-14(17)18/h3-6,8H,7,16H2,1-2H3. The van der Waals surface area contributed by atoms with Crippen molar-refractivity contribution >= 4 is 5.69 Å². The summed E-state index contributed by atoms with van der Waals surface area (Å²) in [7, 11) is 0. The summed E-state index contributed by atoms with van der Waals surface area (Å²) in [6, 6.07) is 6.05. The lowest BCUT2D eigenvalue weighted by Crippen LogP contribution is -2.21. The fourth-order valence-electron chi connectivity index (χ4n) is 1.83. The van der Waals surface area contributed by atoms with Crippen molar-refractivity contribution in [2.45, 2.75) is 20.4 Å². The van der Waals surface area contributed by atoms with Gasteiger partial charge in [-0.2, -0.15) is 0 Å². The third-order valence-electron chi connectivity index (χ3n) is 3.02. The number of anilines is 1. The van der Waals surface area contributed by atoms with Crippen LogP contribution in [-0.2, 0) is 6.54 Å². The SMILES string of the molecule is Cc1cc(=O)n(Cc2ccc(F)cc2C)cc1N. The fourth-order valence-corrected chi connectivity index (χ4v) is 1.83. The number of hydrogen-bond donors (Lipinski definition) is 1. The summed E-state index contributed by atoms with van der Waals surface area (Å²) in [6.45, 7) is 4.01. The third kappa shape index (κ3) is 2.42. The van der Waals surface area contributed by atoms with E-state index in [0.29, 0.717) is 12.2 Å². The molecule has 18 heavy (non-hydrogen) atoms. The van der Waals surface area contributed by atoms with E-state index in [1.54, 1.807) is 19.2 Å². The van der Waals surface area contributed by atoms with Gasteiger partial charge in [-0.3, -0.25) is 4.79 Å². The Hall–Kier alpha value is -2.10. The van der Waals surface area contributed by atoms with Gasteiger partial charge in [-0.15, -0.1) is 0 Å². The average Bonchev–Trinajstić information content (AvgIpc) is 2.29. The third-order valence-corrected chi connectivity index (χ3v) is 3.02. The molecule has 4 heteroatoms. The Kier molecular flexibility index (Phi) is 3.19. The monoisotopic (exact) mass is 246 g/mol. The van der Waals surface area contributed by atoms with Crippen LogP contribution in [0.1, 0.15) is 16.7 Å². The van der Waals surface area contributed by atoms with E-state index >= 15 is 0 Å². The minimum atomic E-state index is -0.271. The molecule has 2 aromatic rings. The molecule has 0 atom stereocenters. The molecule has 0 bridgehead atoms. The van der Waals surface area contributed by atoms with E-state index in [0.717, 1.165) is 16.7 Å². The van der Waals surface area contributed by atoms with Crippen molar-refractivity contribution in [2.24, 2.45) is 0 Å². The molecule has 0 aliphatic carbocycles. The molecule has 0 amide bonds. The fraction of sp³-hybridized carbons (Fsp3) is 0.214. The predicted octanol–water partition coefficient (Wildman–Crippen LogP) is 2.23. The topological polar surface area (TPSA) is 48.0 Å². The van der Waals surface area contributed by atoms with E-state index in [2.05, 4.69) is 0 Å². The molecule has 0 spiro atoms. The Balaban J connectivity index is 2.40. The number of hydrogen-bond acceptors (Lipinski definition) is 2. The van der Waals surface area contributed by atoms with Gasteiger partial charge in [0.15, 0.2) is 0 Å². The zero-order valence-electron chi connectivity index (χ0n) is 10.4. The second-order valence-corrected chi connectivity index (χ2v) is 4.45. The Labute approximate surface area is 105 Å². The Morgan fingerprint density at radius 1 is 1.22 bits per heavy atom. The number of nitrogens with two attached hydrogens (primary N) is 1. The zero-order chi connectivity index (χ0) is 13.3. The molecule has 2 rings (SSSR count). The van der Waals surface area contributed by atoms with E-state index in [1.807, 2.05) is 6.92 Å². The Bertz CT molecular complexity index is 647. The maximum Gasteiger partial charge on any atom is 0.251 e. The van der Waals surface area contributed by atoms with Crippen LogP contribution >= 0.6 is 0 Å². The first kappa shape index (κ1) is 12.4. The smallest absolute Gasteiger partial charge is 0.251 e. The number of aryl methyl sites for hydroxylation is 2. The van der Waals surface area contributed by atoms with Crippen LogP contribution in [0, 0.1) is 19.7 Å². The molecule has 0 saturated carbocycles. The zero-order valence-corrected chi connectivity index (χ0v) is 10.4. The van der Waals surface area contributed by atoms with E-state index in [9.17, 15) is 9.18 Å². The first-order valence-electron chi connectivity index (χ1n) is 5.69. The highest BCUT2D eigenvalue weighted by atomic mass is 19.1. The van der Waals surface area contributed by atoms with Crippen LogP contribution in [0.2, 0.25) is 0 Å². The highest BCUT2D eigenvalue weighted by molar-refractivity contribution is 5.43. The summed E-state index contributed by atoms with van der Waals surface area (Å²) in [5.41, 5.74) is 8.75. The predicted molar refractivity (Wildman–Crippen MR) is 70.1 cm³/mol. The molecule has 0 saturated heterocycles. The van der Waals surface area contributed by atoms with Gasteiger partial charge in [0.05, 0.1) is 12.2 Å². The maximum absolute atomic E-state index is 13.0. The highest BCUT2D eigenvalue weighted by Gasteiger charge is 2.04. The van der Waals surface area contributed by atoms with Crippen molar-refractivity contribution in [3.8, 4) is 0 Å². The van der Waals surface area contributed by atoms with Gasteiger partial charge in [0.2, 0.25) is 0 Å². The molecule has 0 aliphatic heterocycles. The van der Waals surface area contributed by atoms with Crippen LogP contribution in [0.15, 0.2) is 35.3 Å². The number of halogens is 1. The van der Waals surface area contributed by atoms with Gasteiger partial charge in [-0.1, -0.05) is 6.07 Å². The van der Waals surface area contributed by atoms with Crippen molar-refractivity contribution in [3.05, 3.63) is 63.3 Å². The van der Waals surface area contributed by atoms with E-state index < -0.39 is 0 Å². The van der Waals surface area contributed by atoms with Gasteiger partial charge in [0.25, 0.3) is 5.56 Å². The van der Waals surface area contributed by atoms with Crippen molar-refractivity contribution in [1.82, 2.24) is 4.57 Å². The number of pyridine rings is 1. The normalized spacial score (nSPS) is 10.6. The molecule has 0 radical (unpaired) electrons. The summed E-state index contributed by atoms with van der Waals surface area (Å²) in [6.07, 6.45) is 1.63. The number of nitrogen functional groups attached to an aromatic ring is 1. The number of nitrogens with zero attached hydrogens (tertiary/aromatic N) is 1. The second kappa shape index (κ2) is 4.64. The van der Waals surface area contributed by atoms with Crippen molar-refractivity contribution in [2.75, 3.05) is 5.73 Å². The molecule has 0 unspecified atom stereocenters. The number of aromatic nitrogens is 1. The molecule has 0 fully saturated rings. The summed E-state index contributed by atoms with van der Waals surface area (Å²) in [5, 5.41) is 0. The molecule has 1 heterocycles. The van der Waals surface area contributed by atoms with Crippen LogP contribution in [-0.4, -0.2) is 4.57 Å². The summed E-state index contributed by atoms with van der Waals surface area (Å²) in [4.78, 5) is 11.8. The molecular formula is C14H15FN2O. The van der Waals surface area contributed by atoms with Gasteiger partial charge in [-0.25, -0.2) is 4.39 Å². The van der Waals surface area contributed by atoms with Gasteiger partial charge < -0.3 is 10.3 Å². The van der Waals surface area contributed by atoms with E-state index in [-0.39, 0.29) is 11.4 Å². The lowest BCUT2D eigenvalue weighted by Gasteiger charge is -2.10. The summed E-state index contributed by atoms with van der Waals surface area (Å²) >= 11 is 0. The van der Waals surface area contributed by atoms with Crippen molar-refractivity contribution < 1.29 is 4.39 Å². The van der Waals surface area contributed by atoms with Gasteiger partial charge in [-0.05, 0) is 42.7 Å². The maximum atomic E-state index is 13.0. The van der Waals surface area contributed by atoms with Crippen LogP contribution in [0.4, 0.5) is 10.1 Å². The molecule has 94 valence electrons. The quantitative estimate of drug-likeness (QED) is 0.883. The van der Waals surface area contributed by atoms with E-state index in [1.165, 1.54) is 22.8 Å². The van der Waals surface area contributed by atoms with Crippen LogP contribution in [0.25, 0.3) is 0 Å². The minimum Gasteiger partial charge on any atom is -0.397 e. The minimum absolute atomic E-state index is 0.106. The largest absolute Gasteiger partial charge is 0.397 e. The Morgan fingerprint density at radius 2 is 1.94 bits per heavy atom. The molecule has 0 aliphatic rings. The molecular weight excluding hydrogens is 231 g/mol. The van der Waals surface area contributed by atoms with Crippen molar-refractivity contribution in [1.29, 1.82) is 0 Å². The van der Waals surface area contributed by atoms with Crippen LogP contribution in [0.3, 0.4) is 0 Å².